The Bertz CT molecular complexity index is 708. The van der Waals surface area contributed by atoms with Crippen LogP contribution >= 0.6 is 0 Å². The van der Waals surface area contributed by atoms with E-state index in [1.54, 1.807) is 0 Å². The van der Waals surface area contributed by atoms with Crippen molar-refractivity contribution in [2.45, 2.75) is 24.4 Å². The van der Waals surface area contributed by atoms with Crippen molar-refractivity contribution < 1.29 is 22.0 Å². The third-order valence-electron chi connectivity index (χ3n) is 5.15. The van der Waals surface area contributed by atoms with Gasteiger partial charge in [0, 0.05) is 18.7 Å². The fraction of sp³-hybridized carbons (Fsp3) is 0.588. The van der Waals surface area contributed by atoms with E-state index in [4.69, 9.17) is 0 Å². The maximum absolute atomic E-state index is 12.6. The summed E-state index contributed by atoms with van der Waals surface area (Å²) in [5.74, 6) is -2.95. The van der Waals surface area contributed by atoms with E-state index in [0.29, 0.717) is 30.5 Å². The number of rotatable bonds is 4. The Labute approximate surface area is 146 Å². The molecule has 0 saturated carbocycles. The van der Waals surface area contributed by atoms with Crippen LogP contribution in [0.5, 0.6) is 0 Å². The number of nitrogens with one attached hydrogen (secondary N) is 1. The smallest absolute Gasteiger partial charge is 0.337 e. The third-order valence-corrected chi connectivity index (χ3v) is 6.43. The summed E-state index contributed by atoms with van der Waals surface area (Å²) in [5.41, 5.74) is 0.719. The van der Waals surface area contributed by atoms with E-state index in [1.165, 1.54) is 24.3 Å². The number of hydrogen-bond acceptors (Lipinski definition) is 4. The van der Waals surface area contributed by atoms with Crippen molar-refractivity contribution in [3.05, 3.63) is 35.4 Å². The lowest BCUT2D eigenvalue weighted by atomic mass is 9.92. The first-order valence-corrected chi connectivity index (χ1v) is 10.2. The topological polar surface area (TPSA) is 66.5 Å². The summed E-state index contributed by atoms with van der Waals surface area (Å²) in [4.78, 5) is 14.5. The van der Waals surface area contributed by atoms with Crippen molar-refractivity contribution in [3.63, 3.8) is 0 Å². The minimum atomic E-state index is -4.45. The van der Waals surface area contributed by atoms with Crippen LogP contribution in [0.1, 0.15) is 28.8 Å². The number of alkyl halides is 2. The van der Waals surface area contributed by atoms with E-state index < -0.39 is 21.3 Å². The fourth-order valence-electron chi connectivity index (χ4n) is 3.64. The molecule has 0 spiro atoms. The summed E-state index contributed by atoms with van der Waals surface area (Å²) >= 11 is 0. The largest absolute Gasteiger partial charge is 0.339 e. The number of benzene rings is 1. The molecular weight excluding hydrogens is 350 g/mol. The van der Waals surface area contributed by atoms with Crippen LogP contribution < -0.4 is 5.32 Å². The number of carbonyl (C=O) groups is 1. The van der Waals surface area contributed by atoms with Crippen LogP contribution in [0.25, 0.3) is 0 Å². The number of carbonyl (C=O) groups excluding carboxylic acids is 1. The molecule has 25 heavy (non-hydrogen) atoms. The standard InChI is InChI=1S/C17H22F2N2O3S/c18-17(19)25(23,24)11-12-1-3-13(4-2-12)16(22)21-7-5-14-9-20-10-15(14)6-8-21/h1-4,14-15,17,20H,5-11H2/t14-,15+. The molecule has 1 amide bonds. The highest BCUT2D eigenvalue weighted by atomic mass is 32.2. The molecule has 3 rings (SSSR count). The summed E-state index contributed by atoms with van der Waals surface area (Å²) < 4.78 is 47.4. The zero-order valence-electron chi connectivity index (χ0n) is 13.8. The van der Waals surface area contributed by atoms with Gasteiger partial charge in [-0.1, -0.05) is 12.1 Å². The van der Waals surface area contributed by atoms with Crippen LogP contribution in [-0.4, -0.2) is 51.2 Å². The number of amides is 1. The van der Waals surface area contributed by atoms with Gasteiger partial charge in [-0.15, -0.1) is 0 Å². The minimum absolute atomic E-state index is 0.0869. The molecule has 8 heteroatoms. The zero-order chi connectivity index (χ0) is 18.0. The number of fused-ring (bicyclic) bond motifs is 1. The van der Waals surface area contributed by atoms with E-state index in [1.807, 2.05) is 4.90 Å². The molecule has 2 aliphatic heterocycles. The van der Waals surface area contributed by atoms with E-state index in [2.05, 4.69) is 5.32 Å². The number of halogens is 2. The van der Waals surface area contributed by atoms with Crippen molar-refractivity contribution in [2.24, 2.45) is 11.8 Å². The van der Waals surface area contributed by atoms with Crippen molar-refractivity contribution in [1.82, 2.24) is 10.2 Å². The molecule has 0 bridgehead atoms. The van der Waals surface area contributed by atoms with E-state index in [0.717, 1.165) is 25.9 Å². The quantitative estimate of drug-likeness (QED) is 0.877. The first kappa shape index (κ1) is 18.3. The van der Waals surface area contributed by atoms with Crippen LogP contribution in [0, 0.1) is 11.8 Å². The molecule has 0 aromatic heterocycles. The molecule has 0 unspecified atom stereocenters. The van der Waals surface area contributed by atoms with Crippen molar-refractivity contribution in [1.29, 1.82) is 0 Å². The highest BCUT2D eigenvalue weighted by Gasteiger charge is 2.31. The number of sulfone groups is 1. The summed E-state index contributed by atoms with van der Waals surface area (Å²) in [6.07, 6.45) is 1.96. The molecule has 1 N–H and O–H groups in total. The fourth-order valence-corrected chi connectivity index (χ4v) is 4.43. The second-order valence-corrected chi connectivity index (χ2v) is 8.78. The van der Waals surface area contributed by atoms with E-state index in [9.17, 15) is 22.0 Å². The molecule has 5 nitrogen and oxygen atoms in total. The average Bonchev–Trinajstić information content (AvgIpc) is 2.93. The van der Waals surface area contributed by atoms with Gasteiger partial charge in [-0.05, 0) is 55.5 Å². The van der Waals surface area contributed by atoms with Crippen molar-refractivity contribution >= 4 is 15.7 Å². The minimum Gasteiger partial charge on any atom is -0.339 e. The summed E-state index contributed by atoms with van der Waals surface area (Å²) in [5, 5.41) is 3.39. The van der Waals surface area contributed by atoms with Gasteiger partial charge in [0.2, 0.25) is 9.84 Å². The summed E-state index contributed by atoms with van der Waals surface area (Å²) in [6, 6.07) is 5.91. The summed E-state index contributed by atoms with van der Waals surface area (Å²) in [7, 11) is -4.45. The molecule has 0 aliphatic carbocycles. The lowest BCUT2D eigenvalue weighted by molar-refractivity contribution is 0.0758. The molecule has 0 radical (unpaired) electrons. The number of nitrogens with zero attached hydrogens (tertiary/aromatic N) is 1. The van der Waals surface area contributed by atoms with Gasteiger partial charge in [-0.3, -0.25) is 4.79 Å². The maximum atomic E-state index is 12.6. The number of hydrogen-bond donors (Lipinski definition) is 1. The van der Waals surface area contributed by atoms with Gasteiger partial charge in [0.25, 0.3) is 5.91 Å². The van der Waals surface area contributed by atoms with Crippen molar-refractivity contribution in [3.8, 4) is 0 Å². The Morgan fingerprint density at radius 3 is 2.20 bits per heavy atom. The molecule has 2 saturated heterocycles. The first-order chi connectivity index (χ1) is 11.9. The second-order valence-electron chi connectivity index (χ2n) is 6.81. The Morgan fingerprint density at radius 2 is 1.68 bits per heavy atom. The second kappa shape index (κ2) is 7.37. The van der Waals surface area contributed by atoms with Gasteiger partial charge < -0.3 is 10.2 Å². The van der Waals surface area contributed by atoms with Crippen LogP contribution in [0.15, 0.2) is 24.3 Å². The summed E-state index contributed by atoms with van der Waals surface area (Å²) in [6.45, 7) is 3.45. The van der Waals surface area contributed by atoms with Gasteiger partial charge in [0.1, 0.15) is 0 Å². The maximum Gasteiger partial charge on any atom is 0.337 e. The van der Waals surface area contributed by atoms with Gasteiger partial charge in [-0.2, -0.15) is 8.78 Å². The van der Waals surface area contributed by atoms with Crippen LogP contribution in [0.4, 0.5) is 8.78 Å². The first-order valence-electron chi connectivity index (χ1n) is 8.45. The van der Waals surface area contributed by atoms with Crippen molar-refractivity contribution in [2.75, 3.05) is 26.2 Å². The molecule has 2 heterocycles. The zero-order valence-corrected chi connectivity index (χ0v) is 14.6. The van der Waals surface area contributed by atoms with Gasteiger partial charge >= 0.3 is 5.76 Å². The highest BCUT2D eigenvalue weighted by molar-refractivity contribution is 7.90. The molecule has 2 aliphatic rings. The Morgan fingerprint density at radius 1 is 1.12 bits per heavy atom. The monoisotopic (exact) mass is 372 g/mol. The molecule has 1 aromatic rings. The van der Waals surface area contributed by atoms with E-state index in [-0.39, 0.29) is 11.5 Å². The molecule has 138 valence electrons. The average molecular weight is 372 g/mol. The molecular formula is C17H22F2N2O3S. The van der Waals surface area contributed by atoms with Gasteiger partial charge in [0.05, 0.1) is 5.75 Å². The lowest BCUT2D eigenvalue weighted by Crippen LogP contribution is -2.32. The van der Waals surface area contributed by atoms with Gasteiger partial charge in [-0.25, -0.2) is 8.42 Å². The third kappa shape index (κ3) is 4.17. The Balaban J connectivity index is 1.64. The number of likely N-dealkylation sites (tertiary alicyclic amines) is 1. The predicted octanol–water partition coefficient (Wildman–Crippen LogP) is 1.90. The van der Waals surface area contributed by atoms with Crippen LogP contribution in [0.3, 0.4) is 0 Å². The van der Waals surface area contributed by atoms with Gasteiger partial charge in [0.15, 0.2) is 0 Å². The Hall–Kier alpha value is -1.54. The molecule has 2 fully saturated rings. The van der Waals surface area contributed by atoms with Crippen LogP contribution in [0.2, 0.25) is 0 Å². The normalized spacial score (nSPS) is 24.2. The highest BCUT2D eigenvalue weighted by Crippen LogP contribution is 2.27. The molecule has 2 atom stereocenters. The SMILES string of the molecule is O=C(c1ccc(CS(=O)(=O)C(F)F)cc1)N1CC[C@@H]2CNC[C@@H]2CC1. The lowest BCUT2D eigenvalue weighted by Gasteiger charge is -2.21. The Kier molecular flexibility index (Phi) is 5.38. The molecule has 1 aromatic carbocycles. The predicted molar refractivity (Wildman–Crippen MR) is 90.1 cm³/mol. The van der Waals surface area contributed by atoms with Crippen LogP contribution in [-0.2, 0) is 15.6 Å². The van der Waals surface area contributed by atoms with E-state index >= 15 is 0 Å².